The van der Waals surface area contributed by atoms with Gasteiger partial charge in [0.05, 0.1) is 18.0 Å². The number of carbonyl (C=O) groups excluding carboxylic acids is 2. The molecule has 6 N–H and O–H groups in total. The average Bonchev–Trinajstić information content (AvgIpc) is 4.20. The normalized spacial score (nSPS) is 13.6. The highest BCUT2D eigenvalue weighted by molar-refractivity contribution is 9.11. The van der Waals surface area contributed by atoms with Crippen LogP contribution in [0.15, 0.2) is 153 Å². The van der Waals surface area contributed by atoms with Gasteiger partial charge in [-0.25, -0.2) is 35.7 Å². The zero-order chi connectivity index (χ0) is 54.9. The second-order valence-electron chi connectivity index (χ2n) is 16.7. The van der Waals surface area contributed by atoms with Crippen molar-refractivity contribution in [3.8, 4) is 11.3 Å². The van der Waals surface area contributed by atoms with Gasteiger partial charge in [-0.1, -0.05) is 59.8 Å². The maximum absolute atomic E-state index is 13.8. The predicted octanol–water partition coefficient (Wildman–Crippen LogP) is 9.50. The number of hydrogen-bond donors (Lipinski definition) is 6. The maximum Gasteiger partial charge on any atom is 0.488 e. The number of halogens is 9. The summed E-state index contributed by atoms with van der Waals surface area (Å²) in [5.74, 6) is -5.22. The average molecular weight is 1210 g/mol. The second kappa shape index (κ2) is 29.9. The molecule has 2 aliphatic heterocycles. The number of aromatic amines is 1. The van der Waals surface area contributed by atoms with Gasteiger partial charge in [0.2, 0.25) is 11.8 Å². The third-order valence-electron chi connectivity index (χ3n) is 11.4. The van der Waals surface area contributed by atoms with E-state index < -0.39 is 37.5 Å². The molecule has 2 aromatic heterocycles. The van der Waals surface area contributed by atoms with E-state index in [0.29, 0.717) is 72.3 Å². The number of likely N-dealkylation sites (tertiary alicyclic amines) is 1. The van der Waals surface area contributed by atoms with E-state index in [1.807, 2.05) is 21.3 Å². The van der Waals surface area contributed by atoms with Crippen LogP contribution in [0.5, 0.6) is 0 Å². The van der Waals surface area contributed by atoms with Gasteiger partial charge in [0.15, 0.2) is 27.2 Å². The lowest BCUT2D eigenvalue weighted by Crippen LogP contribution is -2.41. The molecule has 0 unspecified atom stereocenters. The van der Waals surface area contributed by atoms with Crippen LogP contribution in [0.2, 0.25) is 0 Å². The van der Waals surface area contributed by atoms with Crippen LogP contribution in [-0.4, -0.2) is 104 Å². The first-order chi connectivity index (χ1) is 36.3. The van der Waals surface area contributed by atoms with Crippen LogP contribution in [0.1, 0.15) is 25.8 Å². The van der Waals surface area contributed by atoms with Gasteiger partial charge in [-0.3, -0.25) is 19.6 Å². The molecular formula is C53H49B2Br2F7N6O6S. The zero-order valence-electron chi connectivity index (χ0n) is 39.7. The molecule has 1 saturated heterocycles. The van der Waals surface area contributed by atoms with Crippen molar-refractivity contribution in [2.45, 2.75) is 20.3 Å². The summed E-state index contributed by atoms with van der Waals surface area (Å²) in [6.07, 6.45) is 5.13. The Labute approximate surface area is 460 Å². The van der Waals surface area contributed by atoms with E-state index in [1.165, 1.54) is 54.6 Å². The molecule has 2 amide bonds. The van der Waals surface area contributed by atoms with Crippen molar-refractivity contribution >= 4 is 102 Å². The Morgan fingerprint density at radius 3 is 1.82 bits per heavy atom. The molecule has 77 heavy (non-hydrogen) atoms. The molecule has 0 bridgehead atoms. The molecule has 402 valence electrons. The first-order valence-corrected chi connectivity index (χ1v) is 25.4. The smallest absolute Gasteiger partial charge is 0.423 e. The summed E-state index contributed by atoms with van der Waals surface area (Å²) in [6, 6.07) is 29.1. The summed E-state index contributed by atoms with van der Waals surface area (Å²) in [6.45, 7) is 2.49. The number of H-pyrrole nitrogens is 1. The monoisotopic (exact) mass is 1210 g/mol. The van der Waals surface area contributed by atoms with Crippen molar-refractivity contribution in [2.24, 2.45) is 5.92 Å². The lowest BCUT2D eigenvalue weighted by atomic mass is 9.80. The quantitative estimate of drug-likeness (QED) is 0.0640. The van der Waals surface area contributed by atoms with E-state index >= 15 is 0 Å². The van der Waals surface area contributed by atoms with Crippen LogP contribution in [0.25, 0.3) is 27.7 Å². The van der Waals surface area contributed by atoms with E-state index in [9.17, 15) is 40.3 Å². The van der Waals surface area contributed by atoms with Gasteiger partial charge >= 0.3 is 14.2 Å². The van der Waals surface area contributed by atoms with Gasteiger partial charge < -0.3 is 30.3 Å². The lowest BCUT2D eigenvalue weighted by Gasteiger charge is -2.28. The standard InChI is InChI=1S/C31H28F3N5O2.C6H5BF2O2.C6H6BFO2.C6H4BrF.C3H2BrNS.CH4/c32-23-4-1-19(2-5-23)20-10-13-39(14-11-20)29(40)18-38-12-9-22(17-38)31(41)35-24-6-8-28-25(16-24)30(37-36-28)21-3-7-26(33)27(34)15-21;8-5-2-1-4(7(10)11)3-6(5)9;8-6-3-1-5(2-4-6)7(9)10;7-5-1-3-6(8)4-2-5;4-3-5-1-2-6-3;/h1-8,10,15-16,22H,9,11-14,17-18H2,(H,35,41)(H,36,37);1-3,10-11H;1-4,9-10H;1-4H;1-2H;1H4/t22-;;;;;/m1...../s1. The minimum Gasteiger partial charge on any atom is -0.423 e. The molecule has 10 rings (SSSR count). The fourth-order valence-corrected chi connectivity index (χ4v) is 8.51. The van der Waals surface area contributed by atoms with Crippen molar-refractivity contribution in [1.82, 2.24) is 25.0 Å². The third kappa shape index (κ3) is 18.9. The van der Waals surface area contributed by atoms with E-state index in [2.05, 4.69) is 52.4 Å². The Morgan fingerprint density at radius 1 is 0.701 bits per heavy atom. The number of nitrogens with zero attached hydrogens (tertiary/aromatic N) is 4. The molecule has 2 aliphatic rings. The van der Waals surface area contributed by atoms with Crippen LogP contribution in [0.3, 0.4) is 0 Å². The summed E-state index contributed by atoms with van der Waals surface area (Å²) in [5.41, 5.74) is 4.45. The van der Waals surface area contributed by atoms with Gasteiger partial charge in [-0.15, -0.1) is 11.3 Å². The van der Waals surface area contributed by atoms with E-state index in [1.54, 1.807) is 60.0 Å². The maximum atomic E-state index is 13.8. The van der Waals surface area contributed by atoms with Crippen LogP contribution in [0.4, 0.5) is 36.4 Å². The third-order valence-corrected chi connectivity index (χ3v) is 13.3. The molecule has 0 radical (unpaired) electrons. The Hall–Kier alpha value is -6.50. The van der Waals surface area contributed by atoms with Crippen molar-refractivity contribution in [3.63, 3.8) is 0 Å². The van der Waals surface area contributed by atoms with E-state index in [-0.39, 0.29) is 54.6 Å². The molecule has 0 spiro atoms. The number of aromatic nitrogens is 3. The SMILES string of the molecule is Brc1nccs1.C.Fc1ccc(Br)cc1.O=C(Nc1ccc2[nH]nc(-c3ccc(F)c(F)c3)c2c1)[C@@H]1CCN(CC(=O)N2CC=C(c3ccc(F)cc3)CC2)C1.OB(O)c1ccc(F)c(F)c1.OB(O)c1ccc(F)cc1. The van der Waals surface area contributed by atoms with Gasteiger partial charge in [0, 0.05) is 52.3 Å². The molecular weight excluding hydrogens is 1160 g/mol. The summed E-state index contributed by atoms with van der Waals surface area (Å²) in [7, 11) is -3.27. The van der Waals surface area contributed by atoms with Crippen LogP contribution in [-0.2, 0) is 9.59 Å². The van der Waals surface area contributed by atoms with Gasteiger partial charge in [0.25, 0.3) is 0 Å². The Kier molecular flexibility index (Phi) is 23.8. The van der Waals surface area contributed by atoms with Crippen molar-refractivity contribution in [1.29, 1.82) is 0 Å². The molecule has 1 atom stereocenters. The zero-order valence-corrected chi connectivity index (χ0v) is 43.7. The van der Waals surface area contributed by atoms with Gasteiger partial charge in [-0.2, -0.15) is 5.10 Å². The molecule has 1 fully saturated rings. The molecule has 8 aromatic rings. The number of nitrogens with one attached hydrogen (secondary N) is 2. The van der Waals surface area contributed by atoms with Crippen LogP contribution in [0, 0.1) is 46.6 Å². The molecule has 0 saturated carbocycles. The highest BCUT2D eigenvalue weighted by Gasteiger charge is 2.31. The van der Waals surface area contributed by atoms with E-state index in [0.717, 1.165) is 49.9 Å². The first kappa shape index (κ1) is 61.4. The first-order valence-electron chi connectivity index (χ1n) is 22.9. The number of amides is 2. The van der Waals surface area contributed by atoms with Crippen molar-refractivity contribution in [2.75, 3.05) is 38.0 Å². The minimum atomic E-state index is -1.76. The Morgan fingerprint density at radius 2 is 1.29 bits per heavy atom. The molecule has 24 heteroatoms. The summed E-state index contributed by atoms with van der Waals surface area (Å²) in [5, 5.41) is 46.8. The fraction of sp³-hybridized carbons (Fsp3) is 0.170. The predicted molar refractivity (Wildman–Crippen MR) is 293 cm³/mol. The topological polar surface area (TPSA) is 175 Å². The number of benzene rings is 6. The molecule has 12 nitrogen and oxygen atoms in total. The molecule has 4 heterocycles. The van der Waals surface area contributed by atoms with Crippen LogP contribution >= 0.6 is 43.2 Å². The number of anilines is 1. The summed E-state index contributed by atoms with van der Waals surface area (Å²) < 4.78 is 91.1. The molecule has 6 aromatic carbocycles. The number of rotatable bonds is 8. The number of thiazole rings is 1. The number of fused-ring (bicyclic) bond motifs is 1. The van der Waals surface area contributed by atoms with Gasteiger partial charge in [-0.05, 0) is 154 Å². The van der Waals surface area contributed by atoms with Gasteiger partial charge in [0.1, 0.15) is 23.1 Å². The van der Waals surface area contributed by atoms with Crippen molar-refractivity contribution < 1.29 is 60.4 Å². The largest absolute Gasteiger partial charge is 0.488 e. The highest BCUT2D eigenvalue weighted by atomic mass is 79.9. The summed E-state index contributed by atoms with van der Waals surface area (Å²) in [4.78, 5) is 33.7. The fourth-order valence-electron chi connectivity index (χ4n) is 7.45. The minimum absolute atomic E-state index is 0. The second-order valence-corrected chi connectivity index (χ2v) is 19.8. The number of hydrogen-bond acceptors (Lipinski definition) is 10. The van der Waals surface area contributed by atoms with Crippen molar-refractivity contribution in [3.05, 3.63) is 200 Å². The Bertz CT molecular complexity index is 3180. The lowest BCUT2D eigenvalue weighted by molar-refractivity contribution is -0.132. The van der Waals surface area contributed by atoms with E-state index in [4.69, 9.17) is 20.1 Å². The van der Waals surface area contributed by atoms with Crippen LogP contribution < -0.4 is 16.2 Å². The molecule has 0 aliphatic carbocycles. The Balaban J connectivity index is 0.000000242. The number of carbonyl (C=O) groups is 2. The summed E-state index contributed by atoms with van der Waals surface area (Å²) >= 11 is 7.95. The highest BCUT2D eigenvalue weighted by Crippen LogP contribution is 2.30.